The number of benzene rings is 2. The predicted octanol–water partition coefficient (Wildman–Crippen LogP) is 3.13. The summed E-state index contributed by atoms with van der Waals surface area (Å²) < 4.78 is 11.4. The maximum absolute atomic E-state index is 13.1. The van der Waals surface area contributed by atoms with Gasteiger partial charge in [-0.3, -0.25) is 14.4 Å². The Labute approximate surface area is 195 Å². The first-order valence-corrected chi connectivity index (χ1v) is 11.1. The van der Waals surface area contributed by atoms with Gasteiger partial charge < -0.3 is 19.7 Å². The van der Waals surface area contributed by atoms with E-state index in [-0.39, 0.29) is 24.8 Å². The van der Waals surface area contributed by atoms with Gasteiger partial charge in [-0.2, -0.15) is 0 Å². The van der Waals surface area contributed by atoms with Crippen molar-refractivity contribution in [1.82, 2.24) is 10.2 Å². The number of amides is 2. The van der Waals surface area contributed by atoms with Crippen LogP contribution < -0.4 is 10.1 Å². The van der Waals surface area contributed by atoms with Gasteiger partial charge in [0, 0.05) is 25.1 Å². The molecule has 1 heterocycles. The summed E-state index contributed by atoms with van der Waals surface area (Å²) >= 11 is 3.40. The number of piperazine rings is 1. The van der Waals surface area contributed by atoms with Crippen LogP contribution in [0, 0.1) is 0 Å². The maximum atomic E-state index is 13.1. The summed E-state index contributed by atoms with van der Waals surface area (Å²) in [5, 5.41) is 2.72. The molecule has 32 heavy (non-hydrogen) atoms. The van der Waals surface area contributed by atoms with Gasteiger partial charge in [-0.05, 0) is 39.7 Å². The SMILES string of the molecule is C=CCOc1ccc(C(=O)N2CCNC(=O)C2CC(=O)OCCc2ccccc2)cc1Br. The number of ether oxygens (including phenoxy) is 2. The van der Waals surface area contributed by atoms with Crippen LogP contribution in [0.3, 0.4) is 0 Å². The van der Waals surface area contributed by atoms with Gasteiger partial charge in [-0.1, -0.05) is 43.0 Å². The van der Waals surface area contributed by atoms with E-state index >= 15 is 0 Å². The molecule has 1 unspecified atom stereocenters. The van der Waals surface area contributed by atoms with E-state index in [9.17, 15) is 14.4 Å². The van der Waals surface area contributed by atoms with Crippen molar-refractivity contribution in [3.8, 4) is 5.75 Å². The lowest BCUT2D eigenvalue weighted by Crippen LogP contribution is -2.57. The Morgan fingerprint density at radius 2 is 2.00 bits per heavy atom. The van der Waals surface area contributed by atoms with Gasteiger partial charge >= 0.3 is 5.97 Å². The molecule has 8 heteroatoms. The molecule has 0 radical (unpaired) electrons. The zero-order valence-electron chi connectivity index (χ0n) is 17.6. The molecule has 2 amide bonds. The molecule has 1 atom stereocenters. The third-order valence-electron chi connectivity index (χ3n) is 4.98. The lowest BCUT2D eigenvalue weighted by molar-refractivity contribution is -0.147. The molecule has 3 rings (SSSR count). The molecule has 1 N–H and O–H groups in total. The number of rotatable bonds is 9. The number of halogens is 1. The Bertz CT molecular complexity index is 980. The Balaban J connectivity index is 1.63. The summed E-state index contributed by atoms with van der Waals surface area (Å²) in [6.07, 6.45) is 2.01. The molecule has 2 aromatic carbocycles. The average molecular weight is 501 g/mol. The number of carbonyl (C=O) groups is 3. The van der Waals surface area contributed by atoms with Crippen molar-refractivity contribution in [3.05, 3.63) is 76.8 Å². The number of esters is 1. The van der Waals surface area contributed by atoms with Crippen LogP contribution in [-0.4, -0.2) is 55.0 Å². The zero-order valence-corrected chi connectivity index (χ0v) is 19.2. The van der Waals surface area contributed by atoms with E-state index in [0.717, 1.165) is 5.56 Å². The van der Waals surface area contributed by atoms with Gasteiger partial charge in [0.2, 0.25) is 5.91 Å². The van der Waals surface area contributed by atoms with Crippen LogP contribution in [0.25, 0.3) is 0 Å². The second kappa shape index (κ2) is 11.5. The molecule has 1 aliphatic rings. The average Bonchev–Trinajstić information content (AvgIpc) is 2.80. The molecule has 0 saturated carbocycles. The predicted molar refractivity (Wildman–Crippen MR) is 123 cm³/mol. The first-order valence-electron chi connectivity index (χ1n) is 10.3. The second-order valence-corrected chi connectivity index (χ2v) is 8.06. The summed E-state index contributed by atoms with van der Waals surface area (Å²) in [6, 6.07) is 13.7. The molecule has 2 aromatic rings. The third kappa shape index (κ3) is 6.20. The number of hydrogen-bond acceptors (Lipinski definition) is 5. The lowest BCUT2D eigenvalue weighted by atomic mass is 10.1. The van der Waals surface area contributed by atoms with Crippen LogP contribution in [0.2, 0.25) is 0 Å². The molecular formula is C24H25BrN2O5. The Hall–Kier alpha value is -3.13. The molecule has 0 bridgehead atoms. The highest BCUT2D eigenvalue weighted by Crippen LogP contribution is 2.27. The monoisotopic (exact) mass is 500 g/mol. The van der Waals surface area contributed by atoms with Gasteiger partial charge in [0.25, 0.3) is 5.91 Å². The van der Waals surface area contributed by atoms with Crippen LogP contribution in [0.15, 0.2) is 65.7 Å². The first kappa shape index (κ1) is 23.5. The van der Waals surface area contributed by atoms with Crippen molar-refractivity contribution in [2.24, 2.45) is 0 Å². The fourth-order valence-electron chi connectivity index (χ4n) is 3.37. The topological polar surface area (TPSA) is 84.9 Å². The molecule has 168 valence electrons. The summed E-state index contributed by atoms with van der Waals surface area (Å²) in [5.41, 5.74) is 1.44. The highest BCUT2D eigenvalue weighted by Gasteiger charge is 2.35. The van der Waals surface area contributed by atoms with Crippen LogP contribution in [0.1, 0.15) is 22.3 Å². The van der Waals surface area contributed by atoms with Gasteiger partial charge in [-0.25, -0.2) is 0 Å². The van der Waals surface area contributed by atoms with Crippen molar-refractivity contribution < 1.29 is 23.9 Å². The molecule has 0 aliphatic carbocycles. The summed E-state index contributed by atoms with van der Waals surface area (Å²) in [4.78, 5) is 39.4. The standard InChI is InChI=1S/C24H25BrN2O5/c1-2-13-31-21-9-8-18(15-19(21)25)24(30)27-12-11-26-23(29)20(27)16-22(28)32-14-10-17-6-4-3-5-7-17/h2-9,15,20H,1,10-14,16H2,(H,26,29). The van der Waals surface area contributed by atoms with E-state index in [2.05, 4.69) is 27.8 Å². The number of hydrogen-bond donors (Lipinski definition) is 1. The van der Waals surface area contributed by atoms with Crippen LogP contribution in [0.4, 0.5) is 0 Å². The number of nitrogens with zero attached hydrogens (tertiary/aromatic N) is 1. The highest BCUT2D eigenvalue weighted by atomic mass is 79.9. The first-order chi connectivity index (χ1) is 15.5. The highest BCUT2D eigenvalue weighted by molar-refractivity contribution is 9.10. The van der Waals surface area contributed by atoms with Crippen molar-refractivity contribution in [1.29, 1.82) is 0 Å². The lowest BCUT2D eigenvalue weighted by Gasteiger charge is -2.34. The summed E-state index contributed by atoms with van der Waals surface area (Å²) in [5.74, 6) is -0.640. The van der Waals surface area contributed by atoms with Gasteiger partial charge in [-0.15, -0.1) is 0 Å². The number of nitrogens with one attached hydrogen (secondary N) is 1. The van der Waals surface area contributed by atoms with Crippen molar-refractivity contribution in [2.75, 3.05) is 26.3 Å². The summed E-state index contributed by atoms with van der Waals surface area (Å²) in [7, 11) is 0. The molecule has 7 nitrogen and oxygen atoms in total. The van der Waals surface area contributed by atoms with Gasteiger partial charge in [0.05, 0.1) is 17.5 Å². The fraction of sp³-hybridized carbons (Fsp3) is 0.292. The van der Waals surface area contributed by atoms with E-state index in [1.54, 1.807) is 24.3 Å². The van der Waals surface area contributed by atoms with Crippen LogP contribution in [-0.2, 0) is 20.7 Å². The largest absolute Gasteiger partial charge is 0.488 e. The van der Waals surface area contributed by atoms with Crippen LogP contribution in [0.5, 0.6) is 5.75 Å². The fourth-order valence-corrected chi connectivity index (χ4v) is 3.86. The minimum atomic E-state index is -0.920. The van der Waals surface area contributed by atoms with E-state index < -0.39 is 12.0 Å². The number of carbonyl (C=O) groups excluding carboxylic acids is 3. The van der Waals surface area contributed by atoms with E-state index in [1.165, 1.54) is 4.90 Å². The van der Waals surface area contributed by atoms with Crippen molar-refractivity contribution in [3.63, 3.8) is 0 Å². The summed E-state index contributed by atoms with van der Waals surface area (Å²) in [6.45, 7) is 4.79. The minimum Gasteiger partial charge on any atom is -0.488 e. The Morgan fingerprint density at radius 1 is 1.22 bits per heavy atom. The maximum Gasteiger partial charge on any atom is 0.308 e. The van der Waals surface area contributed by atoms with E-state index in [1.807, 2.05) is 30.3 Å². The quantitative estimate of drug-likeness (QED) is 0.422. The minimum absolute atomic E-state index is 0.200. The molecule has 1 aliphatic heterocycles. The van der Waals surface area contributed by atoms with E-state index in [4.69, 9.17) is 9.47 Å². The van der Waals surface area contributed by atoms with Gasteiger partial charge in [0.1, 0.15) is 18.4 Å². The Morgan fingerprint density at radius 3 is 2.72 bits per heavy atom. The van der Waals surface area contributed by atoms with Crippen LogP contribution >= 0.6 is 15.9 Å². The molecular weight excluding hydrogens is 476 g/mol. The Kier molecular flexibility index (Phi) is 8.44. The molecule has 1 fully saturated rings. The smallest absolute Gasteiger partial charge is 0.308 e. The molecule has 0 spiro atoms. The van der Waals surface area contributed by atoms with Gasteiger partial charge in [0.15, 0.2) is 0 Å². The third-order valence-corrected chi connectivity index (χ3v) is 5.60. The van der Waals surface area contributed by atoms with E-state index in [0.29, 0.717) is 41.9 Å². The van der Waals surface area contributed by atoms with Crippen molar-refractivity contribution >= 4 is 33.7 Å². The van der Waals surface area contributed by atoms with Crippen molar-refractivity contribution in [2.45, 2.75) is 18.9 Å². The normalized spacial score (nSPS) is 15.6. The molecule has 0 aromatic heterocycles. The zero-order chi connectivity index (χ0) is 22.9. The molecule has 1 saturated heterocycles. The second-order valence-electron chi connectivity index (χ2n) is 7.21.